The lowest BCUT2D eigenvalue weighted by Gasteiger charge is -2.08. The van der Waals surface area contributed by atoms with Crippen LogP contribution >= 0.6 is 0 Å². The molecule has 0 aliphatic rings. The van der Waals surface area contributed by atoms with Gasteiger partial charge in [-0.15, -0.1) is 0 Å². The number of ether oxygens (including phenoxy) is 3. The second kappa shape index (κ2) is 8.85. The van der Waals surface area contributed by atoms with E-state index in [9.17, 15) is 0 Å². The Morgan fingerprint density at radius 1 is 0.938 bits per heavy atom. The molecule has 0 aliphatic carbocycles. The lowest BCUT2D eigenvalue weighted by atomic mass is 10.3. The first-order chi connectivity index (χ1) is 7.80. The third-order valence-electron chi connectivity index (χ3n) is 1.68. The van der Waals surface area contributed by atoms with E-state index in [0.717, 1.165) is 0 Å². The summed E-state index contributed by atoms with van der Waals surface area (Å²) in [5.41, 5.74) is 0. The van der Waals surface area contributed by atoms with Gasteiger partial charge in [-0.05, 0) is 0 Å². The van der Waals surface area contributed by atoms with Gasteiger partial charge >= 0.3 is 0 Å². The van der Waals surface area contributed by atoms with Crippen molar-refractivity contribution in [1.82, 2.24) is 0 Å². The maximum atomic E-state index is 8.59. The molecule has 0 atom stereocenters. The van der Waals surface area contributed by atoms with Crippen LogP contribution in [0, 0.1) is 0 Å². The van der Waals surface area contributed by atoms with Crippen LogP contribution in [0.25, 0.3) is 0 Å². The van der Waals surface area contributed by atoms with Crippen molar-refractivity contribution >= 4 is 0 Å². The van der Waals surface area contributed by atoms with Gasteiger partial charge in [0.25, 0.3) is 0 Å². The van der Waals surface area contributed by atoms with Crippen molar-refractivity contribution in [3.63, 3.8) is 0 Å². The van der Waals surface area contributed by atoms with Crippen LogP contribution in [0.4, 0.5) is 0 Å². The SMILES string of the molecule is CC.COc1cc(OC)cc(OCCO)c1. The number of aliphatic hydroxyl groups is 1. The fourth-order valence-corrected chi connectivity index (χ4v) is 1.03. The predicted molar refractivity (Wildman–Crippen MR) is 63.5 cm³/mol. The first-order valence-corrected chi connectivity index (χ1v) is 5.27. The van der Waals surface area contributed by atoms with Crippen LogP contribution in [0.3, 0.4) is 0 Å². The predicted octanol–water partition coefficient (Wildman–Crippen LogP) is 2.10. The maximum absolute atomic E-state index is 8.59. The normalized spacial score (nSPS) is 8.81. The van der Waals surface area contributed by atoms with Gasteiger partial charge in [-0.25, -0.2) is 0 Å². The van der Waals surface area contributed by atoms with E-state index in [2.05, 4.69) is 0 Å². The lowest BCUT2D eigenvalue weighted by Crippen LogP contribution is -2.02. The molecule has 16 heavy (non-hydrogen) atoms. The highest BCUT2D eigenvalue weighted by Gasteiger charge is 2.01. The molecule has 0 amide bonds. The Labute approximate surface area is 96.8 Å². The second-order valence-electron chi connectivity index (χ2n) is 2.62. The Bertz CT molecular complexity index is 264. The second-order valence-corrected chi connectivity index (χ2v) is 2.62. The molecule has 0 saturated carbocycles. The van der Waals surface area contributed by atoms with Crippen LogP contribution in [0.15, 0.2) is 18.2 Å². The Balaban J connectivity index is 0.00000106. The maximum Gasteiger partial charge on any atom is 0.126 e. The lowest BCUT2D eigenvalue weighted by molar-refractivity contribution is 0.200. The Kier molecular flexibility index (Phi) is 8.07. The van der Waals surface area contributed by atoms with Crippen LogP contribution in [0.1, 0.15) is 13.8 Å². The summed E-state index contributed by atoms with van der Waals surface area (Å²) in [5, 5.41) is 8.59. The first kappa shape index (κ1) is 14.6. The Morgan fingerprint density at radius 2 is 1.38 bits per heavy atom. The van der Waals surface area contributed by atoms with E-state index in [-0.39, 0.29) is 13.2 Å². The molecule has 4 heteroatoms. The molecule has 0 aromatic heterocycles. The Morgan fingerprint density at radius 3 is 1.75 bits per heavy atom. The highest BCUT2D eigenvalue weighted by molar-refractivity contribution is 5.41. The summed E-state index contributed by atoms with van der Waals surface area (Å²) in [7, 11) is 3.15. The molecule has 0 radical (unpaired) electrons. The van der Waals surface area contributed by atoms with Crippen LogP contribution < -0.4 is 14.2 Å². The van der Waals surface area contributed by atoms with Crippen molar-refractivity contribution in [1.29, 1.82) is 0 Å². The van der Waals surface area contributed by atoms with E-state index in [0.29, 0.717) is 17.2 Å². The molecular weight excluding hydrogens is 208 g/mol. The smallest absolute Gasteiger partial charge is 0.126 e. The quantitative estimate of drug-likeness (QED) is 0.838. The minimum absolute atomic E-state index is 0.0144. The van der Waals surface area contributed by atoms with Crippen molar-refractivity contribution in [2.45, 2.75) is 13.8 Å². The van der Waals surface area contributed by atoms with Gasteiger partial charge in [-0.1, -0.05) is 13.8 Å². The van der Waals surface area contributed by atoms with Gasteiger partial charge in [0.1, 0.15) is 23.9 Å². The van der Waals surface area contributed by atoms with E-state index < -0.39 is 0 Å². The molecule has 0 unspecified atom stereocenters. The topological polar surface area (TPSA) is 47.9 Å². The summed E-state index contributed by atoms with van der Waals surface area (Å²) in [6.07, 6.45) is 0. The summed E-state index contributed by atoms with van der Waals surface area (Å²) < 4.78 is 15.3. The molecule has 1 N–H and O–H groups in total. The van der Waals surface area contributed by atoms with Crippen molar-refractivity contribution in [2.75, 3.05) is 27.4 Å². The number of benzene rings is 1. The molecule has 0 fully saturated rings. The van der Waals surface area contributed by atoms with Gasteiger partial charge in [0.05, 0.1) is 20.8 Å². The summed E-state index contributed by atoms with van der Waals surface area (Å²) in [6.45, 7) is 4.25. The zero-order chi connectivity index (χ0) is 12.4. The molecular formula is C12H20O4. The van der Waals surface area contributed by atoms with Gasteiger partial charge in [0.2, 0.25) is 0 Å². The molecule has 0 heterocycles. The number of hydrogen-bond donors (Lipinski definition) is 1. The largest absolute Gasteiger partial charge is 0.496 e. The first-order valence-electron chi connectivity index (χ1n) is 5.27. The third-order valence-corrected chi connectivity index (χ3v) is 1.68. The number of aliphatic hydroxyl groups excluding tert-OH is 1. The number of rotatable bonds is 5. The average Bonchev–Trinajstić information content (AvgIpc) is 2.38. The molecule has 1 aromatic rings. The minimum Gasteiger partial charge on any atom is -0.496 e. The fraction of sp³-hybridized carbons (Fsp3) is 0.500. The summed E-state index contributed by atoms with van der Waals surface area (Å²) >= 11 is 0. The van der Waals surface area contributed by atoms with E-state index in [1.54, 1.807) is 32.4 Å². The minimum atomic E-state index is -0.0144. The van der Waals surface area contributed by atoms with Gasteiger partial charge < -0.3 is 19.3 Å². The molecule has 1 aromatic carbocycles. The monoisotopic (exact) mass is 228 g/mol. The summed E-state index contributed by atoms with van der Waals surface area (Å²) in [5.74, 6) is 1.95. The fourth-order valence-electron chi connectivity index (χ4n) is 1.03. The van der Waals surface area contributed by atoms with Gasteiger partial charge in [0.15, 0.2) is 0 Å². The van der Waals surface area contributed by atoms with E-state index in [1.807, 2.05) is 13.8 Å². The molecule has 4 nitrogen and oxygen atoms in total. The van der Waals surface area contributed by atoms with Crippen LogP contribution in [0.5, 0.6) is 17.2 Å². The zero-order valence-corrected chi connectivity index (χ0v) is 10.3. The molecule has 0 spiro atoms. The third kappa shape index (κ3) is 4.89. The van der Waals surface area contributed by atoms with Gasteiger partial charge in [-0.3, -0.25) is 0 Å². The van der Waals surface area contributed by atoms with E-state index in [1.165, 1.54) is 0 Å². The van der Waals surface area contributed by atoms with Gasteiger partial charge in [0, 0.05) is 18.2 Å². The van der Waals surface area contributed by atoms with Crippen LogP contribution in [-0.2, 0) is 0 Å². The van der Waals surface area contributed by atoms with Crippen molar-refractivity contribution in [3.8, 4) is 17.2 Å². The highest BCUT2D eigenvalue weighted by Crippen LogP contribution is 2.27. The van der Waals surface area contributed by atoms with Gasteiger partial charge in [-0.2, -0.15) is 0 Å². The molecule has 0 bridgehead atoms. The average molecular weight is 228 g/mol. The number of methoxy groups -OCH3 is 2. The molecule has 0 aliphatic heterocycles. The highest BCUT2D eigenvalue weighted by atomic mass is 16.5. The summed E-state index contributed by atoms with van der Waals surface area (Å²) in [4.78, 5) is 0. The molecule has 92 valence electrons. The Hall–Kier alpha value is -1.42. The van der Waals surface area contributed by atoms with Crippen molar-refractivity contribution in [3.05, 3.63) is 18.2 Å². The molecule has 0 saturated heterocycles. The zero-order valence-electron chi connectivity index (χ0n) is 10.3. The van der Waals surface area contributed by atoms with Crippen LogP contribution in [-0.4, -0.2) is 32.5 Å². The van der Waals surface area contributed by atoms with E-state index in [4.69, 9.17) is 19.3 Å². The van der Waals surface area contributed by atoms with E-state index >= 15 is 0 Å². The van der Waals surface area contributed by atoms with Crippen LogP contribution in [0.2, 0.25) is 0 Å². The number of hydrogen-bond acceptors (Lipinski definition) is 4. The van der Waals surface area contributed by atoms with Crippen molar-refractivity contribution < 1.29 is 19.3 Å². The molecule has 1 rings (SSSR count). The standard InChI is InChI=1S/C10H14O4.C2H6/c1-12-8-5-9(13-2)7-10(6-8)14-4-3-11;1-2/h5-7,11H,3-4H2,1-2H3;1-2H3. The van der Waals surface area contributed by atoms with Crippen molar-refractivity contribution in [2.24, 2.45) is 0 Å². The summed E-state index contributed by atoms with van der Waals surface area (Å²) in [6, 6.07) is 5.22.